The van der Waals surface area contributed by atoms with Crippen LogP contribution in [-0.4, -0.2) is 24.5 Å². The SMILES string of the molecule is O=C(NC1C2CC3CC(C2)CC1C3)[C@H]1NCC[C@@H]1CC1CCCCC1. The molecule has 6 fully saturated rings. The highest BCUT2D eigenvalue weighted by Crippen LogP contribution is 2.53. The number of carbonyl (C=O) groups is 1. The Morgan fingerprint density at radius 3 is 2.24 bits per heavy atom. The Hall–Kier alpha value is -0.570. The predicted molar refractivity (Wildman–Crippen MR) is 100 cm³/mol. The lowest BCUT2D eigenvalue weighted by atomic mass is 9.54. The molecular formula is C22H36N2O. The van der Waals surface area contributed by atoms with Gasteiger partial charge in [0.2, 0.25) is 5.91 Å². The standard InChI is InChI=1S/C22H36N2O/c25-22(21-17(6-7-23-21)9-14-4-2-1-3-5-14)24-20-18-10-15-8-16(12-18)13-19(20)11-15/h14-21,23H,1-13H2,(H,24,25)/t15?,16?,17-,18?,19?,20?,21+/m1/s1. The third-order valence-corrected chi connectivity index (χ3v) is 8.53. The Balaban J connectivity index is 1.20. The highest BCUT2D eigenvalue weighted by atomic mass is 16.2. The van der Waals surface area contributed by atoms with Gasteiger partial charge in [-0.1, -0.05) is 32.1 Å². The van der Waals surface area contributed by atoms with Crippen LogP contribution in [0.1, 0.15) is 77.0 Å². The molecule has 0 radical (unpaired) electrons. The van der Waals surface area contributed by atoms with Gasteiger partial charge >= 0.3 is 0 Å². The Morgan fingerprint density at radius 1 is 0.880 bits per heavy atom. The van der Waals surface area contributed by atoms with Crippen molar-refractivity contribution in [1.82, 2.24) is 10.6 Å². The molecule has 1 saturated heterocycles. The maximum atomic E-state index is 13.1. The van der Waals surface area contributed by atoms with Crippen molar-refractivity contribution in [3.63, 3.8) is 0 Å². The summed E-state index contributed by atoms with van der Waals surface area (Å²) >= 11 is 0. The third kappa shape index (κ3) is 3.26. The molecule has 25 heavy (non-hydrogen) atoms. The van der Waals surface area contributed by atoms with Crippen molar-refractivity contribution >= 4 is 5.91 Å². The minimum atomic E-state index is 0.0964. The fraction of sp³-hybridized carbons (Fsp3) is 0.955. The Bertz CT molecular complexity index is 470. The molecule has 6 rings (SSSR count). The van der Waals surface area contributed by atoms with Crippen LogP contribution in [0.3, 0.4) is 0 Å². The van der Waals surface area contributed by atoms with Crippen molar-refractivity contribution in [2.75, 3.05) is 6.54 Å². The molecule has 2 N–H and O–H groups in total. The fourth-order valence-electron chi connectivity index (χ4n) is 7.58. The molecule has 6 aliphatic rings. The monoisotopic (exact) mass is 344 g/mol. The molecule has 0 aromatic rings. The summed E-state index contributed by atoms with van der Waals surface area (Å²) in [6.45, 7) is 1.04. The molecule has 2 atom stereocenters. The summed E-state index contributed by atoms with van der Waals surface area (Å²) in [4.78, 5) is 13.1. The first-order valence-electron chi connectivity index (χ1n) is 11.3. The van der Waals surface area contributed by atoms with Crippen LogP contribution >= 0.6 is 0 Å². The zero-order valence-corrected chi connectivity index (χ0v) is 15.7. The van der Waals surface area contributed by atoms with Crippen LogP contribution in [-0.2, 0) is 4.79 Å². The van der Waals surface area contributed by atoms with E-state index in [0.29, 0.717) is 17.9 Å². The molecule has 5 saturated carbocycles. The van der Waals surface area contributed by atoms with E-state index in [9.17, 15) is 4.79 Å². The van der Waals surface area contributed by atoms with E-state index in [0.717, 1.165) is 36.1 Å². The third-order valence-electron chi connectivity index (χ3n) is 8.53. The first-order valence-corrected chi connectivity index (χ1v) is 11.3. The molecule has 1 amide bonds. The van der Waals surface area contributed by atoms with Gasteiger partial charge in [0.05, 0.1) is 6.04 Å². The molecule has 0 unspecified atom stereocenters. The van der Waals surface area contributed by atoms with Crippen LogP contribution in [0.15, 0.2) is 0 Å². The normalized spacial score (nSPS) is 46.5. The van der Waals surface area contributed by atoms with Crippen LogP contribution in [0.4, 0.5) is 0 Å². The van der Waals surface area contributed by atoms with E-state index >= 15 is 0 Å². The Kier molecular flexibility index (Phi) is 4.56. The van der Waals surface area contributed by atoms with Crippen LogP contribution in [0.2, 0.25) is 0 Å². The molecule has 3 nitrogen and oxygen atoms in total. The van der Waals surface area contributed by atoms with Crippen molar-refractivity contribution in [1.29, 1.82) is 0 Å². The topological polar surface area (TPSA) is 41.1 Å². The van der Waals surface area contributed by atoms with Gasteiger partial charge in [-0.05, 0) is 87.0 Å². The quantitative estimate of drug-likeness (QED) is 0.813. The zero-order chi connectivity index (χ0) is 16.8. The minimum absolute atomic E-state index is 0.0964. The van der Waals surface area contributed by atoms with E-state index in [1.54, 1.807) is 0 Å². The summed E-state index contributed by atoms with van der Waals surface area (Å²) in [5.41, 5.74) is 0. The van der Waals surface area contributed by atoms with Crippen molar-refractivity contribution in [3.8, 4) is 0 Å². The largest absolute Gasteiger partial charge is 0.351 e. The van der Waals surface area contributed by atoms with Gasteiger partial charge in [-0.15, -0.1) is 0 Å². The van der Waals surface area contributed by atoms with E-state index in [4.69, 9.17) is 0 Å². The van der Waals surface area contributed by atoms with Gasteiger partial charge in [0, 0.05) is 6.04 Å². The molecule has 140 valence electrons. The van der Waals surface area contributed by atoms with E-state index < -0.39 is 0 Å². The van der Waals surface area contributed by atoms with Crippen LogP contribution in [0.5, 0.6) is 0 Å². The van der Waals surface area contributed by atoms with Crippen LogP contribution in [0, 0.1) is 35.5 Å². The lowest BCUT2D eigenvalue weighted by molar-refractivity contribution is -0.127. The first-order chi connectivity index (χ1) is 12.3. The smallest absolute Gasteiger partial charge is 0.237 e. The molecule has 5 aliphatic carbocycles. The summed E-state index contributed by atoms with van der Waals surface area (Å²) in [7, 11) is 0. The lowest BCUT2D eigenvalue weighted by Gasteiger charge is -2.54. The van der Waals surface area contributed by atoms with E-state index in [2.05, 4.69) is 10.6 Å². The molecular weight excluding hydrogens is 308 g/mol. The second-order valence-electron chi connectivity index (χ2n) is 10.2. The Labute approximate surface area is 153 Å². The molecule has 3 heteroatoms. The maximum Gasteiger partial charge on any atom is 0.237 e. The van der Waals surface area contributed by atoms with Gasteiger partial charge < -0.3 is 10.6 Å². The Morgan fingerprint density at radius 2 is 1.56 bits per heavy atom. The number of amides is 1. The number of rotatable bonds is 4. The average molecular weight is 345 g/mol. The summed E-state index contributed by atoms with van der Waals surface area (Å²) < 4.78 is 0. The molecule has 1 heterocycles. The second-order valence-corrected chi connectivity index (χ2v) is 10.2. The van der Waals surface area contributed by atoms with Crippen LogP contribution in [0.25, 0.3) is 0 Å². The molecule has 4 bridgehead atoms. The van der Waals surface area contributed by atoms with Crippen molar-refractivity contribution in [2.45, 2.75) is 89.1 Å². The molecule has 1 aliphatic heterocycles. The van der Waals surface area contributed by atoms with Gasteiger partial charge in [0.1, 0.15) is 0 Å². The zero-order valence-electron chi connectivity index (χ0n) is 15.7. The number of hydrogen-bond donors (Lipinski definition) is 2. The molecule has 0 aromatic carbocycles. The first kappa shape index (κ1) is 16.6. The van der Waals surface area contributed by atoms with E-state index in [1.807, 2.05) is 0 Å². The maximum absolute atomic E-state index is 13.1. The number of carbonyl (C=O) groups excluding carboxylic acids is 1. The van der Waals surface area contributed by atoms with Crippen molar-refractivity contribution in [2.24, 2.45) is 35.5 Å². The van der Waals surface area contributed by atoms with Gasteiger partial charge in [-0.3, -0.25) is 4.79 Å². The van der Waals surface area contributed by atoms with Gasteiger partial charge in [0.25, 0.3) is 0 Å². The summed E-state index contributed by atoms with van der Waals surface area (Å²) in [5, 5.41) is 7.13. The molecule has 0 aromatic heterocycles. The van der Waals surface area contributed by atoms with Gasteiger partial charge in [-0.25, -0.2) is 0 Å². The van der Waals surface area contributed by atoms with Crippen LogP contribution < -0.4 is 10.6 Å². The van der Waals surface area contributed by atoms with E-state index in [1.165, 1.54) is 77.0 Å². The number of nitrogens with one attached hydrogen (secondary N) is 2. The summed E-state index contributed by atoms with van der Waals surface area (Å²) in [5.74, 6) is 5.36. The fourth-order valence-corrected chi connectivity index (χ4v) is 7.58. The lowest BCUT2D eigenvalue weighted by Crippen LogP contribution is -2.58. The van der Waals surface area contributed by atoms with E-state index in [-0.39, 0.29) is 6.04 Å². The predicted octanol–water partition coefficient (Wildman–Crippen LogP) is 3.88. The molecule has 0 spiro atoms. The van der Waals surface area contributed by atoms with Crippen molar-refractivity contribution in [3.05, 3.63) is 0 Å². The van der Waals surface area contributed by atoms with Gasteiger partial charge in [0.15, 0.2) is 0 Å². The second kappa shape index (κ2) is 6.87. The highest BCUT2D eigenvalue weighted by Gasteiger charge is 2.49. The van der Waals surface area contributed by atoms with Crippen molar-refractivity contribution < 1.29 is 4.79 Å². The average Bonchev–Trinajstić information content (AvgIpc) is 3.06. The summed E-state index contributed by atoms with van der Waals surface area (Å²) in [6.07, 6.45) is 16.6. The number of hydrogen-bond acceptors (Lipinski definition) is 2. The van der Waals surface area contributed by atoms with Gasteiger partial charge in [-0.2, -0.15) is 0 Å². The highest BCUT2D eigenvalue weighted by molar-refractivity contribution is 5.82. The summed E-state index contributed by atoms with van der Waals surface area (Å²) in [6, 6.07) is 0.595. The minimum Gasteiger partial charge on any atom is -0.351 e.